The molecule has 0 spiro atoms. The smallest absolute Gasteiger partial charge is 0.260 e. The van der Waals surface area contributed by atoms with Gasteiger partial charge in [0.15, 0.2) is 0 Å². The van der Waals surface area contributed by atoms with Gasteiger partial charge in [-0.1, -0.05) is 6.42 Å². The highest BCUT2D eigenvalue weighted by atomic mass is 16.5. The van der Waals surface area contributed by atoms with E-state index in [-0.39, 0.29) is 0 Å². The molecule has 0 radical (unpaired) electrons. The first kappa shape index (κ1) is 14.1. The Hall–Kier alpha value is -1.82. The third kappa shape index (κ3) is 3.44. The Bertz CT molecular complexity index is 576. The number of likely N-dealkylation sites (tertiary alicyclic amines) is 1. The molecule has 6 heteroatoms. The minimum atomic E-state index is 0.607. The topological polar surface area (TPSA) is 54.7 Å². The number of fused-ring (bicyclic) bond motifs is 1. The zero-order chi connectivity index (χ0) is 14.5. The first-order chi connectivity index (χ1) is 10.4. The average Bonchev–Trinajstić information content (AvgIpc) is 2.97. The van der Waals surface area contributed by atoms with Crippen LogP contribution >= 0.6 is 0 Å². The molecule has 21 heavy (non-hydrogen) atoms. The average molecular weight is 289 g/mol. The van der Waals surface area contributed by atoms with Crippen molar-refractivity contribution in [1.29, 1.82) is 0 Å². The molecule has 0 aromatic carbocycles. The number of hydrogen-bond acceptors (Lipinski definition) is 5. The van der Waals surface area contributed by atoms with Crippen molar-refractivity contribution in [3.05, 3.63) is 18.6 Å². The molecule has 0 saturated carbocycles. The fraction of sp³-hybridized carbons (Fsp3) is 0.600. The maximum absolute atomic E-state index is 5.89. The molecule has 1 fully saturated rings. The van der Waals surface area contributed by atoms with Gasteiger partial charge in [0, 0.05) is 25.5 Å². The Morgan fingerprint density at radius 2 is 2.14 bits per heavy atom. The van der Waals surface area contributed by atoms with Crippen LogP contribution in [0.1, 0.15) is 26.2 Å². The number of nitrogens with zero attached hydrogens (tertiary/aromatic N) is 4. The van der Waals surface area contributed by atoms with E-state index in [0.29, 0.717) is 12.5 Å². The van der Waals surface area contributed by atoms with Crippen LogP contribution < -0.4 is 10.1 Å². The van der Waals surface area contributed by atoms with Crippen molar-refractivity contribution in [2.75, 3.05) is 38.1 Å². The Balaban J connectivity index is 1.65. The van der Waals surface area contributed by atoms with Crippen molar-refractivity contribution in [3.8, 4) is 5.88 Å². The Labute approximate surface area is 125 Å². The zero-order valence-corrected chi connectivity index (χ0v) is 12.6. The summed E-state index contributed by atoms with van der Waals surface area (Å²) in [4.78, 5) is 11.3. The summed E-state index contributed by atoms with van der Waals surface area (Å²) in [5, 5.41) is 3.22. The van der Waals surface area contributed by atoms with Crippen LogP contribution in [0.5, 0.6) is 5.88 Å². The van der Waals surface area contributed by atoms with E-state index in [2.05, 4.69) is 27.1 Å². The van der Waals surface area contributed by atoms with Crippen molar-refractivity contribution in [1.82, 2.24) is 19.3 Å². The van der Waals surface area contributed by atoms with E-state index in [0.717, 1.165) is 24.6 Å². The molecule has 2 aromatic heterocycles. The van der Waals surface area contributed by atoms with Crippen LogP contribution in [0.3, 0.4) is 0 Å². The molecule has 2 aromatic rings. The molecule has 114 valence electrons. The molecule has 0 aliphatic carbocycles. The van der Waals surface area contributed by atoms with Crippen molar-refractivity contribution in [2.24, 2.45) is 0 Å². The van der Waals surface area contributed by atoms with Gasteiger partial charge in [-0.05, 0) is 32.9 Å². The van der Waals surface area contributed by atoms with Gasteiger partial charge in [0.1, 0.15) is 12.4 Å². The third-order valence-corrected chi connectivity index (χ3v) is 3.80. The number of imidazole rings is 1. The van der Waals surface area contributed by atoms with Crippen LogP contribution in [0.2, 0.25) is 0 Å². The summed E-state index contributed by atoms with van der Waals surface area (Å²) in [5.41, 5.74) is 0.773. The largest absolute Gasteiger partial charge is 0.474 e. The van der Waals surface area contributed by atoms with Crippen LogP contribution in [-0.2, 0) is 0 Å². The van der Waals surface area contributed by atoms with E-state index in [4.69, 9.17) is 4.74 Å². The molecule has 0 amide bonds. The van der Waals surface area contributed by atoms with E-state index in [9.17, 15) is 0 Å². The molecule has 3 rings (SSSR count). The van der Waals surface area contributed by atoms with E-state index in [1.807, 2.05) is 16.8 Å². The minimum absolute atomic E-state index is 0.607. The van der Waals surface area contributed by atoms with Gasteiger partial charge < -0.3 is 10.1 Å². The number of nitrogens with one attached hydrogen (secondary N) is 1. The number of piperidine rings is 1. The second-order valence-corrected chi connectivity index (χ2v) is 5.37. The summed E-state index contributed by atoms with van der Waals surface area (Å²) in [6.45, 7) is 6.88. The lowest BCUT2D eigenvalue weighted by molar-refractivity contribution is 0.181. The third-order valence-electron chi connectivity index (χ3n) is 3.80. The van der Waals surface area contributed by atoms with Gasteiger partial charge in [0.25, 0.3) is 5.88 Å². The molecule has 0 unspecified atom stereocenters. The summed E-state index contributed by atoms with van der Waals surface area (Å²) in [6, 6.07) is 0. The van der Waals surface area contributed by atoms with Gasteiger partial charge in [-0.15, -0.1) is 0 Å². The predicted molar refractivity (Wildman–Crippen MR) is 82.9 cm³/mol. The second kappa shape index (κ2) is 6.76. The van der Waals surface area contributed by atoms with E-state index in [1.165, 1.54) is 32.4 Å². The number of anilines is 1. The van der Waals surface area contributed by atoms with Gasteiger partial charge >= 0.3 is 0 Å². The van der Waals surface area contributed by atoms with Gasteiger partial charge in [-0.3, -0.25) is 9.30 Å². The van der Waals surface area contributed by atoms with Gasteiger partial charge in [-0.2, -0.15) is 4.98 Å². The van der Waals surface area contributed by atoms with E-state index in [1.54, 1.807) is 6.20 Å². The lowest BCUT2D eigenvalue weighted by Crippen LogP contribution is -2.33. The van der Waals surface area contributed by atoms with Crippen LogP contribution in [-0.4, -0.2) is 52.1 Å². The zero-order valence-electron chi connectivity index (χ0n) is 12.6. The summed E-state index contributed by atoms with van der Waals surface area (Å²) in [7, 11) is 0. The number of ether oxygens (including phenoxy) is 1. The van der Waals surface area contributed by atoms with Gasteiger partial charge in [0.05, 0.1) is 6.20 Å². The predicted octanol–water partition coefficient (Wildman–Crippen LogP) is 2.03. The highest BCUT2D eigenvalue weighted by Gasteiger charge is 2.12. The van der Waals surface area contributed by atoms with Crippen molar-refractivity contribution >= 4 is 11.5 Å². The van der Waals surface area contributed by atoms with Crippen LogP contribution in [0.25, 0.3) is 5.65 Å². The van der Waals surface area contributed by atoms with Crippen LogP contribution in [0.15, 0.2) is 18.6 Å². The van der Waals surface area contributed by atoms with Crippen molar-refractivity contribution < 1.29 is 4.74 Å². The summed E-state index contributed by atoms with van der Waals surface area (Å²) >= 11 is 0. The molecule has 3 heterocycles. The highest BCUT2D eigenvalue weighted by molar-refractivity contribution is 5.53. The Kier molecular flexibility index (Phi) is 4.55. The fourth-order valence-corrected chi connectivity index (χ4v) is 2.72. The first-order valence-electron chi connectivity index (χ1n) is 7.79. The number of rotatable bonds is 6. The lowest BCUT2D eigenvalue weighted by Gasteiger charge is -2.26. The summed E-state index contributed by atoms with van der Waals surface area (Å²) in [5.74, 6) is 1.42. The first-order valence-corrected chi connectivity index (χ1v) is 7.79. The van der Waals surface area contributed by atoms with E-state index >= 15 is 0 Å². The lowest BCUT2D eigenvalue weighted by atomic mass is 10.1. The molecule has 1 aliphatic rings. The van der Waals surface area contributed by atoms with E-state index < -0.39 is 0 Å². The molecular formula is C15H23N5O. The van der Waals surface area contributed by atoms with Gasteiger partial charge in [0.2, 0.25) is 5.65 Å². The van der Waals surface area contributed by atoms with Crippen LogP contribution in [0, 0.1) is 0 Å². The second-order valence-electron chi connectivity index (χ2n) is 5.37. The monoisotopic (exact) mass is 289 g/mol. The Morgan fingerprint density at radius 3 is 2.95 bits per heavy atom. The summed E-state index contributed by atoms with van der Waals surface area (Å²) in [6.07, 6.45) is 9.58. The maximum Gasteiger partial charge on any atom is 0.260 e. The molecule has 1 aliphatic heterocycles. The maximum atomic E-state index is 5.89. The molecule has 1 N–H and O–H groups in total. The van der Waals surface area contributed by atoms with Crippen molar-refractivity contribution in [3.63, 3.8) is 0 Å². The highest BCUT2D eigenvalue weighted by Crippen LogP contribution is 2.18. The van der Waals surface area contributed by atoms with Gasteiger partial charge in [-0.25, -0.2) is 4.98 Å². The number of hydrogen-bond donors (Lipinski definition) is 1. The van der Waals surface area contributed by atoms with Crippen molar-refractivity contribution in [2.45, 2.75) is 26.2 Å². The fourth-order valence-electron chi connectivity index (χ4n) is 2.72. The summed E-state index contributed by atoms with van der Waals surface area (Å²) < 4.78 is 7.84. The Morgan fingerprint density at radius 1 is 1.29 bits per heavy atom. The molecule has 0 bridgehead atoms. The normalized spacial score (nSPS) is 16.2. The molecular weight excluding hydrogens is 266 g/mol. The standard InChI is InChI=1S/C15H23N5O/c1-2-16-13-12-20-9-6-17-14(20)15(18-13)21-11-10-19-7-4-3-5-8-19/h6,9,12,16H,2-5,7-8,10-11H2,1H3. The molecule has 1 saturated heterocycles. The van der Waals surface area contributed by atoms with Crippen LogP contribution in [0.4, 0.5) is 5.82 Å². The quantitative estimate of drug-likeness (QED) is 0.882. The SMILES string of the molecule is CCNc1cn2ccnc2c(OCCN2CCCCC2)n1. The molecule has 0 atom stereocenters. The minimum Gasteiger partial charge on any atom is -0.474 e. The molecule has 6 nitrogen and oxygen atoms in total. The number of aromatic nitrogens is 3.